The summed E-state index contributed by atoms with van der Waals surface area (Å²) in [5.74, 6) is 0.269. The second-order valence-electron chi connectivity index (χ2n) is 8.24. The molecule has 8 nitrogen and oxygen atoms in total. The zero-order valence-corrected chi connectivity index (χ0v) is 19.2. The molecule has 4 heterocycles. The Balaban J connectivity index is 1.75. The summed E-state index contributed by atoms with van der Waals surface area (Å²) in [7, 11) is 0. The fourth-order valence-corrected chi connectivity index (χ4v) is 5.15. The maximum Gasteiger partial charge on any atom is 0.260 e. The summed E-state index contributed by atoms with van der Waals surface area (Å²) in [4.78, 5) is 30.5. The van der Waals surface area contributed by atoms with Crippen molar-refractivity contribution in [3.63, 3.8) is 0 Å². The number of hydrogen-bond donors (Lipinski definition) is 2. The molecule has 0 saturated heterocycles. The minimum absolute atomic E-state index is 0.158. The summed E-state index contributed by atoms with van der Waals surface area (Å²) in [6.07, 6.45) is 0.720. The average Bonchev–Trinajstić information content (AvgIpc) is 3.33. The summed E-state index contributed by atoms with van der Waals surface area (Å²) in [5.41, 5.74) is 14.7. The van der Waals surface area contributed by atoms with Crippen molar-refractivity contribution < 1.29 is 9.90 Å². The van der Waals surface area contributed by atoms with E-state index in [2.05, 4.69) is 4.98 Å². The van der Waals surface area contributed by atoms with Crippen LogP contribution in [0, 0.1) is 27.7 Å². The molecule has 1 aliphatic heterocycles. The molecule has 0 aliphatic carbocycles. The van der Waals surface area contributed by atoms with Crippen molar-refractivity contribution in [1.29, 1.82) is 0 Å². The number of rotatable bonds is 2. The first-order valence-electron chi connectivity index (χ1n) is 10.4. The van der Waals surface area contributed by atoms with E-state index in [4.69, 9.17) is 15.7 Å². The van der Waals surface area contributed by atoms with E-state index in [9.17, 15) is 9.90 Å². The molecule has 5 rings (SSSR count). The number of benzene rings is 1. The van der Waals surface area contributed by atoms with Gasteiger partial charge in [-0.25, -0.2) is 15.0 Å². The number of fused-ring (bicyclic) bond motifs is 2. The van der Waals surface area contributed by atoms with Crippen LogP contribution in [-0.2, 0) is 13.0 Å². The summed E-state index contributed by atoms with van der Waals surface area (Å²) in [6.45, 7) is 8.61. The molecule has 0 atom stereocenters. The number of nitrogens with zero attached hydrogens (tertiary/aromatic N) is 5. The van der Waals surface area contributed by atoms with E-state index >= 15 is 0 Å². The maximum atomic E-state index is 13.7. The number of aryl methyl sites for hydroxylation is 3. The van der Waals surface area contributed by atoms with Crippen LogP contribution in [-0.4, -0.2) is 42.0 Å². The number of phenols is 1. The standard InChI is InChI=1S/C23H24N6O2S/c1-11-5-6-16(30)12(2)20(11)29-21(24)18(19-22(29)27-14(4)13(3)26-19)23(31)28-8-7-15-17(9-28)32-10-25-15/h5-6,10,30H,7-9,24H2,1-4H3. The van der Waals surface area contributed by atoms with Crippen LogP contribution in [0.2, 0.25) is 0 Å². The van der Waals surface area contributed by atoms with Gasteiger partial charge in [-0.2, -0.15) is 0 Å². The second kappa shape index (κ2) is 7.30. The highest BCUT2D eigenvalue weighted by Gasteiger charge is 2.31. The number of aromatic nitrogens is 4. The van der Waals surface area contributed by atoms with Gasteiger partial charge in [-0.3, -0.25) is 9.36 Å². The van der Waals surface area contributed by atoms with E-state index in [1.807, 2.05) is 39.3 Å². The smallest absolute Gasteiger partial charge is 0.260 e. The lowest BCUT2D eigenvalue weighted by molar-refractivity contribution is 0.0739. The first-order chi connectivity index (χ1) is 15.3. The molecule has 32 heavy (non-hydrogen) atoms. The fraction of sp³-hybridized carbons (Fsp3) is 0.304. The van der Waals surface area contributed by atoms with Gasteiger partial charge in [0.25, 0.3) is 5.91 Å². The topological polar surface area (TPSA) is 110 Å². The van der Waals surface area contributed by atoms with E-state index in [1.54, 1.807) is 26.9 Å². The molecule has 0 bridgehead atoms. The van der Waals surface area contributed by atoms with Crippen LogP contribution in [0.4, 0.5) is 5.82 Å². The Morgan fingerprint density at radius 2 is 1.91 bits per heavy atom. The number of thiazole rings is 1. The Morgan fingerprint density at radius 1 is 1.16 bits per heavy atom. The molecule has 164 valence electrons. The summed E-state index contributed by atoms with van der Waals surface area (Å²) in [5, 5.41) is 10.4. The van der Waals surface area contributed by atoms with Gasteiger partial charge in [0.15, 0.2) is 5.65 Å². The first-order valence-corrected chi connectivity index (χ1v) is 11.3. The van der Waals surface area contributed by atoms with Crippen LogP contribution in [0.5, 0.6) is 5.75 Å². The Morgan fingerprint density at radius 3 is 2.69 bits per heavy atom. The van der Waals surface area contributed by atoms with E-state index in [1.165, 1.54) is 0 Å². The predicted octanol–water partition coefficient (Wildman–Crippen LogP) is 3.60. The predicted molar refractivity (Wildman–Crippen MR) is 124 cm³/mol. The number of nitrogens with two attached hydrogens (primary N) is 1. The molecule has 0 radical (unpaired) electrons. The Kier molecular flexibility index (Phi) is 4.67. The lowest BCUT2D eigenvalue weighted by atomic mass is 10.1. The van der Waals surface area contributed by atoms with Gasteiger partial charge < -0.3 is 15.7 Å². The van der Waals surface area contributed by atoms with Crippen molar-refractivity contribution in [1.82, 2.24) is 24.4 Å². The molecule has 1 aliphatic rings. The van der Waals surface area contributed by atoms with Crippen molar-refractivity contribution in [2.45, 2.75) is 40.7 Å². The van der Waals surface area contributed by atoms with E-state index in [0.717, 1.165) is 33.9 Å². The molecule has 1 amide bonds. The molecule has 3 N–H and O–H groups in total. The number of aromatic hydroxyl groups is 1. The molecule has 3 aromatic heterocycles. The van der Waals surface area contributed by atoms with Crippen LogP contribution in [0.25, 0.3) is 16.9 Å². The van der Waals surface area contributed by atoms with Gasteiger partial charge in [-0.05, 0) is 39.3 Å². The average molecular weight is 449 g/mol. The molecule has 0 spiro atoms. The molecule has 0 fully saturated rings. The molecule has 9 heteroatoms. The third kappa shape index (κ3) is 2.96. The number of carbonyl (C=O) groups is 1. The summed E-state index contributed by atoms with van der Waals surface area (Å²) >= 11 is 1.56. The molecular weight excluding hydrogens is 424 g/mol. The minimum Gasteiger partial charge on any atom is -0.508 e. The van der Waals surface area contributed by atoms with Gasteiger partial charge >= 0.3 is 0 Å². The third-order valence-electron chi connectivity index (χ3n) is 6.24. The van der Waals surface area contributed by atoms with Gasteiger partial charge in [0.2, 0.25) is 0 Å². The summed E-state index contributed by atoms with van der Waals surface area (Å²) in [6, 6.07) is 3.48. The highest BCUT2D eigenvalue weighted by molar-refractivity contribution is 7.09. The van der Waals surface area contributed by atoms with Gasteiger partial charge in [-0.15, -0.1) is 11.3 Å². The number of nitrogen functional groups attached to an aromatic ring is 1. The van der Waals surface area contributed by atoms with Crippen LogP contribution in [0.3, 0.4) is 0 Å². The molecule has 1 aromatic carbocycles. The minimum atomic E-state index is -0.168. The first kappa shape index (κ1) is 20.4. The molecular formula is C23H24N6O2S. The van der Waals surface area contributed by atoms with E-state index < -0.39 is 0 Å². The van der Waals surface area contributed by atoms with Gasteiger partial charge in [0, 0.05) is 23.4 Å². The maximum absolute atomic E-state index is 13.7. The second-order valence-corrected chi connectivity index (χ2v) is 9.18. The molecule has 4 aromatic rings. The van der Waals surface area contributed by atoms with E-state index in [0.29, 0.717) is 41.1 Å². The zero-order valence-electron chi connectivity index (χ0n) is 18.4. The van der Waals surface area contributed by atoms with Crippen molar-refractivity contribution >= 4 is 34.2 Å². The van der Waals surface area contributed by atoms with E-state index in [-0.39, 0.29) is 17.5 Å². The van der Waals surface area contributed by atoms with Crippen molar-refractivity contribution in [3.8, 4) is 11.4 Å². The lowest BCUT2D eigenvalue weighted by Gasteiger charge is -2.26. The number of phenolic OH excluding ortho intramolecular Hbond substituents is 1. The highest BCUT2D eigenvalue weighted by Crippen LogP contribution is 2.36. The third-order valence-corrected chi connectivity index (χ3v) is 7.10. The number of hydrogen-bond acceptors (Lipinski definition) is 7. The number of carbonyl (C=O) groups excluding carboxylic acids is 1. The van der Waals surface area contributed by atoms with Gasteiger partial charge in [0.1, 0.15) is 22.6 Å². The van der Waals surface area contributed by atoms with Crippen molar-refractivity contribution in [3.05, 3.63) is 56.3 Å². The van der Waals surface area contributed by atoms with Gasteiger partial charge in [-0.1, -0.05) is 6.07 Å². The zero-order chi connectivity index (χ0) is 22.7. The monoisotopic (exact) mass is 448 g/mol. The fourth-order valence-electron chi connectivity index (χ4n) is 4.32. The lowest BCUT2D eigenvalue weighted by Crippen LogP contribution is -2.36. The Labute approximate surface area is 189 Å². The van der Waals surface area contributed by atoms with Crippen LogP contribution < -0.4 is 5.73 Å². The Hall–Kier alpha value is -3.46. The van der Waals surface area contributed by atoms with Gasteiger partial charge in [0.05, 0.1) is 34.8 Å². The number of amides is 1. The SMILES string of the molecule is Cc1ccc(O)c(C)c1-n1c(N)c(C(=O)N2CCc3ncsc3C2)c2nc(C)c(C)nc21. The van der Waals surface area contributed by atoms with Crippen LogP contribution in [0.1, 0.15) is 43.4 Å². The van der Waals surface area contributed by atoms with Crippen LogP contribution in [0.15, 0.2) is 17.6 Å². The summed E-state index contributed by atoms with van der Waals surface area (Å²) < 4.78 is 1.76. The highest BCUT2D eigenvalue weighted by atomic mass is 32.1. The number of anilines is 1. The van der Waals surface area contributed by atoms with Crippen molar-refractivity contribution in [2.75, 3.05) is 12.3 Å². The Bertz CT molecular complexity index is 1400. The van der Waals surface area contributed by atoms with Crippen LogP contribution >= 0.6 is 11.3 Å². The molecule has 0 unspecified atom stereocenters. The largest absolute Gasteiger partial charge is 0.508 e. The van der Waals surface area contributed by atoms with Crippen molar-refractivity contribution in [2.24, 2.45) is 0 Å². The molecule has 0 saturated carbocycles. The normalized spacial score (nSPS) is 13.6. The quantitative estimate of drug-likeness (QED) is 0.485.